The Morgan fingerprint density at radius 3 is 2.62 bits per heavy atom. The molecule has 1 unspecified atom stereocenters. The smallest absolute Gasteiger partial charge is 0.306 e. The van der Waals surface area contributed by atoms with Gasteiger partial charge in [0.1, 0.15) is 17.7 Å². The Morgan fingerprint density at radius 2 is 1.95 bits per heavy atom. The van der Waals surface area contributed by atoms with Gasteiger partial charge in [-0.05, 0) is 85.5 Å². The minimum Gasteiger partial charge on any atom is -0.485 e. The number of aryl methyl sites for hydroxylation is 1. The average molecular weight is 533 g/mol. The van der Waals surface area contributed by atoms with Crippen molar-refractivity contribution in [1.82, 2.24) is 9.88 Å². The van der Waals surface area contributed by atoms with E-state index in [2.05, 4.69) is 34.1 Å². The topological polar surface area (TPSA) is 71.9 Å². The largest absolute Gasteiger partial charge is 0.485 e. The molecule has 39 heavy (non-hydrogen) atoms. The summed E-state index contributed by atoms with van der Waals surface area (Å²) >= 11 is 0. The molecule has 7 heteroatoms. The number of carbonyl (C=O) groups is 1. The molecule has 1 aliphatic heterocycles. The molecule has 5 rings (SSSR count). The molecule has 1 saturated carbocycles. The van der Waals surface area contributed by atoms with Gasteiger partial charge in [-0.2, -0.15) is 0 Å². The van der Waals surface area contributed by atoms with Crippen molar-refractivity contribution in [2.24, 2.45) is 11.8 Å². The second-order valence-electron chi connectivity index (χ2n) is 11.2. The van der Waals surface area contributed by atoms with Gasteiger partial charge in [0.2, 0.25) is 5.88 Å². The third kappa shape index (κ3) is 5.64. The Kier molecular flexibility index (Phi) is 7.89. The molecule has 2 aliphatic rings. The minimum absolute atomic E-state index is 0.0104. The van der Waals surface area contributed by atoms with Crippen molar-refractivity contribution < 1.29 is 23.8 Å². The van der Waals surface area contributed by atoms with Crippen molar-refractivity contribution >= 4 is 5.97 Å². The van der Waals surface area contributed by atoms with Crippen molar-refractivity contribution in [3.63, 3.8) is 0 Å². The molecule has 2 heterocycles. The number of benzene rings is 2. The number of rotatable bonds is 9. The Morgan fingerprint density at radius 1 is 1.15 bits per heavy atom. The third-order valence-electron chi connectivity index (χ3n) is 8.32. The predicted octanol–water partition coefficient (Wildman–Crippen LogP) is 6.63. The number of fused-ring (bicyclic) bond motifs is 1. The highest BCUT2D eigenvalue weighted by molar-refractivity contribution is 5.71. The van der Waals surface area contributed by atoms with Crippen LogP contribution >= 0.6 is 0 Å². The van der Waals surface area contributed by atoms with E-state index in [1.54, 1.807) is 6.07 Å². The molecule has 1 N–H and O–H groups in total. The summed E-state index contributed by atoms with van der Waals surface area (Å²) in [4.78, 5) is 18.0. The van der Waals surface area contributed by atoms with Gasteiger partial charge < -0.3 is 19.5 Å². The van der Waals surface area contributed by atoms with Crippen molar-refractivity contribution in [3.8, 4) is 22.8 Å². The number of methoxy groups -OCH3 is 1. The predicted molar refractivity (Wildman–Crippen MR) is 149 cm³/mol. The lowest BCUT2D eigenvalue weighted by molar-refractivity contribution is -0.142. The first-order valence-corrected chi connectivity index (χ1v) is 13.7. The summed E-state index contributed by atoms with van der Waals surface area (Å²) in [5, 5.41) is 9.78. The van der Waals surface area contributed by atoms with E-state index < -0.39 is 17.7 Å². The fourth-order valence-electron chi connectivity index (χ4n) is 6.04. The van der Waals surface area contributed by atoms with E-state index >= 15 is 0 Å². The van der Waals surface area contributed by atoms with E-state index in [1.165, 1.54) is 19.7 Å². The van der Waals surface area contributed by atoms with Gasteiger partial charge in [0, 0.05) is 18.2 Å². The normalized spacial score (nSPS) is 18.6. The zero-order valence-electron chi connectivity index (χ0n) is 23.1. The molecule has 1 aliphatic carbocycles. The summed E-state index contributed by atoms with van der Waals surface area (Å²) in [6, 6.07) is 14.0. The lowest BCUT2D eigenvalue weighted by Crippen LogP contribution is -2.30. The second kappa shape index (κ2) is 11.3. The van der Waals surface area contributed by atoms with Gasteiger partial charge in [-0.3, -0.25) is 4.79 Å². The quantitative estimate of drug-likeness (QED) is 0.334. The number of nitrogens with zero attached hydrogens (tertiary/aromatic N) is 2. The summed E-state index contributed by atoms with van der Waals surface area (Å²) < 4.78 is 26.7. The zero-order chi connectivity index (χ0) is 27.7. The van der Waals surface area contributed by atoms with Crippen LogP contribution in [0.4, 0.5) is 4.39 Å². The van der Waals surface area contributed by atoms with Crippen LogP contribution in [-0.2, 0) is 17.8 Å². The maximum atomic E-state index is 14.8. The Hall–Kier alpha value is -3.45. The molecule has 3 atom stereocenters. The molecule has 0 spiro atoms. The van der Waals surface area contributed by atoms with Crippen LogP contribution in [0.15, 0.2) is 48.7 Å². The highest BCUT2D eigenvalue weighted by atomic mass is 19.1. The lowest BCUT2D eigenvalue weighted by atomic mass is 9.68. The van der Waals surface area contributed by atoms with Crippen LogP contribution in [0.5, 0.6) is 11.6 Å². The lowest BCUT2D eigenvalue weighted by Gasteiger charge is -2.37. The van der Waals surface area contributed by atoms with E-state index in [0.717, 1.165) is 59.3 Å². The minimum atomic E-state index is -0.750. The van der Waals surface area contributed by atoms with E-state index in [1.807, 2.05) is 33.2 Å². The molecule has 3 aromatic rings. The average Bonchev–Trinajstić information content (AvgIpc) is 2.89. The Labute approximate surface area is 229 Å². The fourth-order valence-corrected chi connectivity index (χ4v) is 6.04. The van der Waals surface area contributed by atoms with Crippen molar-refractivity contribution in [2.45, 2.75) is 57.6 Å². The number of carboxylic acid groups (broad SMARTS) is 1. The molecule has 0 saturated heterocycles. The molecule has 0 radical (unpaired) electrons. The summed E-state index contributed by atoms with van der Waals surface area (Å²) in [5.41, 5.74) is 5.51. The number of aliphatic carboxylic acids is 1. The van der Waals surface area contributed by atoms with Crippen LogP contribution in [0.25, 0.3) is 11.1 Å². The molecule has 2 aromatic carbocycles. The van der Waals surface area contributed by atoms with E-state index in [4.69, 9.17) is 9.47 Å². The van der Waals surface area contributed by atoms with Crippen LogP contribution in [0.2, 0.25) is 0 Å². The fraction of sp³-hybridized carbons (Fsp3) is 0.438. The molecule has 206 valence electrons. The third-order valence-corrected chi connectivity index (χ3v) is 8.32. The highest BCUT2D eigenvalue weighted by Gasteiger charge is 2.36. The molecule has 0 amide bonds. The summed E-state index contributed by atoms with van der Waals surface area (Å²) in [5.74, 6) is 0.0166. The van der Waals surface area contributed by atoms with Crippen molar-refractivity contribution in [3.05, 3.63) is 76.7 Å². The Balaban J connectivity index is 1.46. The second-order valence-corrected chi connectivity index (χ2v) is 11.2. The summed E-state index contributed by atoms with van der Waals surface area (Å²) in [6.45, 7) is 2.46. The molecular weight excluding hydrogens is 495 g/mol. The van der Waals surface area contributed by atoms with Crippen LogP contribution in [0, 0.1) is 17.7 Å². The maximum absolute atomic E-state index is 14.8. The van der Waals surface area contributed by atoms with Gasteiger partial charge >= 0.3 is 5.97 Å². The SMILES string of the molecule is COc1cc(-c2ccc(C3CCc4ccc([C@H](C5CCC5)[C@H](C)C(=O)O)cc4O3)cc2CN(C)C)c(F)cn1. The van der Waals surface area contributed by atoms with E-state index in [0.29, 0.717) is 23.9 Å². The van der Waals surface area contributed by atoms with Gasteiger partial charge in [-0.25, -0.2) is 9.37 Å². The van der Waals surface area contributed by atoms with E-state index in [9.17, 15) is 14.3 Å². The first kappa shape index (κ1) is 27.1. The van der Waals surface area contributed by atoms with Crippen LogP contribution in [0.3, 0.4) is 0 Å². The molecule has 0 bridgehead atoms. The molecule has 6 nitrogen and oxygen atoms in total. The first-order chi connectivity index (χ1) is 18.7. The number of aromatic nitrogens is 1. The van der Waals surface area contributed by atoms with Crippen LogP contribution in [-0.4, -0.2) is 42.2 Å². The number of hydrogen-bond acceptors (Lipinski definition) is 5. The van der Waals surface area contributed by atoms with Gasteiger partial charge in [0.15, 0.2) is 0 Å². The van der Waals surface area contributed by atoms with Crippen LogP contribution in [0.1, 0.15) is 66.9 Å². The van der Waals surface area contributed by atoms with Crippen molar-refractivity contribution in [2.75, 3.05) is 21.2 Å². The number of ether oxygens (including phenoxy) is 2. The van der Waals surface area contributed by atoms with Gasteiger partial charge in [-0.1, -0.05) is 43.7 Å². The summed E-state index contributed by atoms with van der Waals surface area (Å²) in [7, 11) is 5.51. The standard InChI is InChI=1S/C32H37FN2O4/c1-19(32(36)37)31(21-6-5-7-21)23-9-8-20-11-13-28(39-29(20)15-23)22-10-12-25(24(14-22)18-35(2)3)26-16-30(38-4)34-17-27(26)33/h8-10,12,14-17,19,21,28,31H,5-7,11,13,18H2,1-4H3,(H,36,37)/t19-,28?,31-/m0/s1. The van der Waals surface area contributed by atoms with Crippen molar-refractivity contribution in [1.29, 1.82) is 0 Å². The number of pyridine rings is 1. The highest BCUT2D eigenvalue weighted by Crippen LogP contribution is 2.46. The van der Waals surface area contributed by atoms with Crippen LogP contribution < -0.4 is 9.47 Å². The van der Waals surface area contributed by atoms with Gasteiger partial charge in [-0.15, -0.1) is 0 Å². The summed E-state index contributed by atoms with van der Waals surface area (Å²) in [6.07, 6.45) is 6.09. The molecule has 1 fully saturated rings. The van der Waals surface area contributed by atoms with Gasteiger partial charge in [0.05, 0.1) is 19.2 Å². The zero-order valence-corrected chi connectivity index (χ0v) is 23.1. The molecule has 1 aromatic heterocycles. The number of carboxylic acids is 1. The monoisotopic (exact) mass is 532 g/mol. The van der Waals surface area contributed by atoms with E-state index in [-0.39, 0.29) is 12.0 Å². The maximum Gasteiger partial charge on any atom is 0.306 e. The molecular formula is C32H37FN2O4. The number of hydrogen-bond donors (Lipinski definition) is 1. The first-order valence-electron chi connectivity index (χ1n) is 13.7. The number of halogens is 1. The van der Waals surface area contributed by atoms with Gasteiger partial charge in [0.25, 0.3) is 0 Å². The Bertz CT molecular complexity index is 1350.